The van der Waals surface area contributed by atoms with E-state index < -0.39 is 171 Å². The molecule has 25 heteroatoms. The van der Waals surface area contributed by atoms with Gasteiger partial charge in [0.2, 0.25) is 11.8 Å². The van der Waals surface area contributed by atoms with Gasteiger partial charge in [-0.3, -0.25) is 9.59 Å². The van der Waals surface area contributed by atoms with E-state index in [0.29, 0.717) is 25.7 Å². The van der Waals surface area contributed by atoms with Gasteiger partial charge >= 0.3 is 11.9 Å². The lowest BCUT2D eigenvalue weighted by Crippen LogP contribution is -2.71. The minimum absolute atomic E-state index is 0.386. The van der Waals surface area contributed by atoms with Crippen LogP contribution in [0.15, 0.2) is 0 Å². The summed E-state index contributed by atoms with van der Waals surface area (Å²) in [4.78, 5) is 50.3. The van der Waals surface area contributed by atoms with Crippen molar-refractivity contribution in [2.75, 3.05) is 13.2 Å². The van der Waals surface area contributed by atoms with Crippen LogP contribution in [0.2, 0.25) is 0 Å². The molecule has 20 unspecified atom stereocenters. The van der Waals surface area contributed by atoms with Crippen molar-refractivity contribution in [2.24, 2.45) is 0 Å². The molecular formula is C40H68N2O23. The summed E-state index contributed by atoms with van der Waals surface area (Å²) in [6.45, 7) is 11.0. The predicted molar refractivity (Wildman–Crippen MR) is 214 cm³/mol. The first-order valence-corrected chi connectivity index (χ1v) is 21.7. The molecule has 4 saturated heterocycles. The molecule has 4 aliphatic heterocycles. The van der Waals surface area contributed by atoms with Gasteiger partial charge in [0.05, 0.1) is 24.4 Å². The second-order valence-electron chi connectivity index (χ2n) is 17.2. The molecule has 4 heterocycles. The summed E-state index contributed by atoms with van der Waals surface area (Å²) in [5.74, 6) is -4.92. The second-order valence-corrected chi connectivity index (χ2v) is 17.2. The quantitative estimate of drug-likeness (QED) is 0.0552. The third-order valence-corrected chi connectivity index (χ3v) is 12.7. The highest BCUT2D eigenvalue weighted by molar-refractivity contribution is 5.74. The number of aliphatic hydroxyl groups is 8. The standard InChI is InChI=1S/C40H68N2O23/c1-9-39(7,10-2)64-30-24(50)26(52)38(63-32(30)34(55)56)59-27-19(41-15(5)45)35(57-17(13-43)21(27)47)61-29-23(49)25(51)37(62-31(29)33(53)54)60-28-20(42-16(6)46)36(58-18(14-44)22(28)48)65-40(8,11-3)12-4/h17-32,35-38,43-44,47-52H,9-14H2,1-8H3,(H,41,45)(H,42,46)(H,53,54)(H,55,56). The van der Waals surface area contributed by atoms with E-state index in [1.165, 1.54) is 0 Å². The van der Waals surface area contributed by atoms with Gasteiger partial charge in [-0.1, -0.05) is 27.7 Å². The average Bonchev–Trinajstić information content (AvgIpc) is 3.26. The van der Waals surface area contributed by atoms with Crippen LogP contribution in [0.25, 0.3) is 0 Å². The van der Waals surface area contributed by atoms with Gasteiger partial charge in [-0.05, 0) is 39.5 Å². The number of carboxylic acid groups (broad SMARTS) is 2. The molecule has 4 rings (SSSR count). The van der Waals surface area contributed by atoms with Crippen LogP contribution in [0.4, 0.5) is 0 Å². The molecule has 4 aliphatic rings. The molecule has 0 aromatic heterocycles. The molecule has 0 aromatic rings. The average molecular weight is 945 g/mol. The molecule has 0 bridgehead atoms. The van der Waals surface area contributed by atoms with Crippen molar-refractivity contribution in [3.8, 4) is 0 Å². The molecule has 0 radical (unpaired) electrons. The zero-order valence-corrected chi connectivity index (χ0v) is 37.6. The van der Waals surface area contributed by atoms with Gasteiger partial charge in [-0.15, -0.1) is 0 Å². The first-order valence-electron chi connectivity index (χ1n) is 21.7. The van der Waals surface area contributed by atoms with Crippen LogP contribution in [0.5, 0.6) is 0 Å². The van der Waals surface area contributed by atoms with E-state index in [1.807, 2.05) is 13.8 Å². The number of aliphatic hydroxyl groups excluding tert-OH is 8. The van der Waals surface area contributed by atoms with Crippen LogP contribution >= 0.6 is 0 Å². The third-order valence-electron chi connectivity index (χ3n) is 12.7. The largest absolute Gasteiger partial charge is 0.479 e. The Labute approximate surface area is 375 Å². The molecule has 0 aromatic carbocycles. The normalized spacial score (nSPS) is 40.5. The monoisotopic (exact) mass is 944 g/mol. The molecule has 0 aliphatic carbocycles. The number of hydrogen-bond acceptors (Lipinski definition) is 21. The van der Waals surface area contributed by atoms with Crippen molar-refractivity contribution < 1.29 is 113 Å². The Morgan fingerprint density at radius 3 is 1.23 bits per heavy atom. The van der Waals surface area contributed by atoms with Crippen molar-refractivity contribution in [3.05, 3.63) is 0 Å². The van der Waals surface area contributed by atoms with Crippen LogP contribution in [0, 0.1) is 0 Å². The molecule has 20 atom stereocenters. The van der Waals surface area contributed by atoms with Crippen molar-refractivity contribution in [1.82, 2.24) is 10.6 Å². The predicted octanol–water partition coefficient (Wildman–Crippen LogP) is -4.07. The zero-order valence-electron chi connectivity index (χ0n) is 37.6. The van der Waals surface area contributed by atoms with Gasteiger partial charge in [-0.25, -0.2) is 9.59 Å². The maximum absolute atomic E-state index is 12.8. The van der Waals surface area contributed by atoms with Crippen molar-refractivity contribution in [2.45, 2.75) is 215 Å². The fraction of sp³-hybridized carbons (Fsp3) is 0.900. The van der Waals surface area contributed by atoms with Gasteiger partial charge < -0.3 is 104 Å². The molecule has 0 saturated carbocycles. The first kappa shape index (κ1) is 54.8. The van der Waals surface area contributed by atoms with Crippen molar-refractivity contribution >= 4 is 23.8 Å². The van der Waals surface area contributed by atoms with Gasteiger partial charge in [-0.2, -0.15) is 0 Å². The van der Waals surface area contributed by atoms with Crippen LogP contribution in [-0.4, -0.2) is 222 Å². The smallest absolute Gasteiger partial charge is 0.335 e. The summed E-state index contributed by atoms with van der Waals surface area (Å²) in [6.07, 6.45) is -32.7. The number of carbonyl (C=O) groups is 4. The van der Waals surface area contributed by atoms with E-state index in [-0.39, 0.29) is 0 Å². The Balaban J connectivity index is 1.65. The lowest BCUT2D eigenvalue weighted by atomic mass is 9.93. The van der Waals surface area contributed by atoms with Crippen molar-refractivity contribution in [1.29, 1.82) is 0 Å². The molecule has 0 spiro atoms. The number of nitrogens with one attached hydrogen (secondary N) is 2. The van der Waals surface area contributed by atoms with Crippen LogP contribution in [-0.2, 0) is 61.8 Å². The first-order chi connectivity index (χ1) is 30.4. The third kappa shape index (κ3) is 12.5. The maximum atomic E-state index is 12.8. The molecular weight excluding hydrogens is 876 g/mol. The van der Waals surface area contributed by atoms with E-state index >= 15 is 0 Å². The van der Waals surface area contributed by atoms with Crippen LogP contribution < -0.4 is 10.6 Å². The van der Waals surface area contributed by atoms with Crippen LogP contribution in [0.3, 0.4) is 0 Å². The van der Waals surface area contributed by atoms with E-state index in [0.717, 1.165) is 13.8 Å². The fourth-order valence-electron chi connectivity index (χ4n) is 7.94. The summed E-state index contributed by atoms with van der Waals surface area (Å²) in [5.41, 5.74) is -1.79. The Morgan fingerprint density at radius 2 is 0.846 bits per heavy atom. The molecule has 376 valence electrons. The molecule has 2 amide bonds. The van der Waals surface area contributed by atoms with Gasteiger partial charge in [0.1, 0.15) is 85.3 Å². The van der Waals surface area contributed by atoms with Crippen LogP contribution in [0.1, 0.15) is 81.1 Å². The number of carbonyl (C=O) groups excluding carboxylic acids is 2. The van der Waals surface area contributed by atoms with Gasteiger partial charge in [0, 0.05) is 13.8 Å². The molecule has 65 heavy (non-hydrogen) atoms. The minimum Gasteiger partial charge on any atom is -0.479 e. The van der Waals surface area contributed by atoms with Gasteiger partial charge in [0.25, 0.3) is 0 Å². The Kier molecular flexibility index (Phi) is 19.4. The lowest BCUT2D eigenvalue weighted by molar-refractivity contribution is -0.373. The number of ether oxygens (including phenoxy) is 9. The van der Waals surface area contributed by atoms with E-state index in [4.69, 9.17) is 42.6 Å². The second kappa shape index (κ2) is 23.0. The maximum Gasteiger partial charge on any atom is 0.335 e. The molecule has 12 N–H and O–H groups in total. The summed E-state index contributed by atoms with van der Waals surface area (Å²) in [5, 5.41) is 114. The van der Waals surface area contributed by atoms with E-state index in [9.17, 15) is 70.2 Å². The Morgan fingerprint density at radius 1 is 0.492 bits per heavy atom. The van der Waals surface area contributed by atoms with E-state index in [2.05, 4.69) is 10.6 Å². The highest BCUT2D eigenvalue weighted by atomic mass is 16.8. The number of amides is 2. The lowest BCUT2D eigenvalue weighted by Gasteiger charge is -2.50. The Bertz CT molecular complexity index is 1590. The number of carboxylic acids is 2. The summed E-state index contributed by atoms with van der Waals surface area (Å²) < 4.78 is 52.7. The zero-order chi connectivity index (χ0) is 48.9. The Hall–Kier alpha value is -2.80. The number of rotatable bonds is 20. The molecule has 4 fully saturated rings. The SMILES string of the molecule is CCC(C)(CC)OC1OC(CO)C(O)C(OC2OC(C(=O)O)C(OC3OC(CO)C(O)C(OC4OC(C(=O)O)C(OC(C)(CC)CC)C(O)C4O)C3NC(C)=O)C(O)C2O)C1NC(C)=O. The van der Waals surface area contributed by atoms with E-state index in [1.54, 1.807) is 27.7 Å². The minimum atomic E-state index is -2.28. The fourth-order valence-corrected chi connectivity index (χ4v) is 7.94. The highest BCUT2D eigenvalue weighted by Gasteiger charge is 2.58. The molecule has 25 nitrogen and oxygen atoms in total. The number of aliphatic carboxylic acids is 2. The summed E-state index contributed by atoms with van der Waals surface area (Å²) in [7, 11) is 0. The number of hydrogen-bond donors (Lipinski definition) is 12. The summed E-state index contributed by atoms with van der Waals surface area (Å²) in [6, 6.07) is -3.14. The topological polar surface area (TPSA) is 378 Å². The summed E-state index contributed by atoms with van der Waals surface area (Å²) >= 11 is 0. The van der Waals surface area contributed by atoms with Crippen molar-refractivity contribution in [3.63, 3.8) is 0 Å². The van der Waals surface area contributed by atoms with Gasteiger partial charge in [0.15, 0.2) is 37.4 Å². The highest BCUT2D eigenvalue weighted by Crippen LogP contribution is 2.37.